The third kappa shape index (κ3) is 4.65. The van der Waals surface area contributed by atoms with Crippen molar-refractivity contribution in [2.75, 3.05) is 18.4 Å². The van der Waals surface area contributed by atoms with Crippen molar-refractivity contribution in [1.29, 1.82) is 0 Å². The summed E-state index contributed by atoms with van der Waals surface area (Å²) in [5.74, 6) is 0.615. The van der Waals surface area contributed by atoms with Gasteiger partial charge in [-0.25, -0.2) is 0 Å². The summed E-state index contributed by atoms with van der Waals surface area (Å²) in [6, 6.07) is 18.9. The van der Waals surface area contributed by atoms with Crippen molar-refractivity contribution in [3.63, 3.8) is 0 Å². The molecule has 0 radical (unpaired) electrons. The number of carbonyl (C=O) groups is 1. The molecule has 4 heteroatoms. The van der Waals surface area contributed by atoms with Crippen molar-refractivity contribution in [3.8, 4) is 0 Å². The molecule has 1 N–H and O–H groups in total. The van der Waals surface area contributed by atoms with E-state index in [0.717, 1.165) is 43.7 Å². The van der Waals surface area contributed by atoms with Crippen LogP contribution in [0.25, 0.3) is 10.9 Å². The number of anilines is 1. The second-order valence-electron chi connectivity index (χ2n) is 8.31. The van der Waals surface area contributed by atoms with Crippen LogP contribution >= 0.6 is 0 Å². The van der Waals surface area contributed by atoms with E-state index in [4.69, 9.17) is 0 Å². The largest absolute Gasteiger partial charge is 0.326 e. The van der Waals surface area contributed by atoms with E-state index in [1.165, 1.54) is 16.5 Å². The highest BCUT2D eigenvalue weighted by Gasteiger charge is 2.21. The third-order valence-corrected chi connectivity index (χ3v) is 5.87. The molecule has 0 bridgehead atoms. The standard InChI is InChI=1S/C25H29N3O/c1-18(2)25(29)27-22-7-5-6-20(16-22)19-11-14-28(15-12-19)17-21-10-13-26-24-9-4-3-8-23(21)24/h3-10,13,16,18-19H,11-12,14-15,17H2,1-2H3,(H,27,29). The third-order valence-electron chi connectivity index (χ3n) is 5.87. The summed E-state index contributed by atoms with van der Waals surface area (Å²) in [5.41, 5.74) is 4.67. The fraction of sp³-hybridized carbons (Fsp3) is 0.360. The van der Waals surface area contributed by atoms with Gasteiger partial charge in [-0.05, 0) is 67.2 Å². The summed E-state index contributed by atoms with van der Waals surface area (Å²) in [7, 11) is 0. The Hall–Kier alpha value is -2.72. The smallest absolute Gasteiger partial charge is 0.226 e. The number of nitrogens with one attached hydrogen (secondary N) is 1. The van der Waals surface area contributed by atoms with Crippen LogP contribution in [-0.2, 0) is 11.3 Å². The Morgan fingerprint density at radius 1 is 1.10 bits per heavy atom. The van der Waals surface area contributed by atoms with Gasteiger partial charge in [-0.1, -0.05) is 44.2 Å². The topological polar surface area (TPSA) is 45.2 Å². The van der Waals surface area contributed by atoms with Gasteiger partial charge in [-0.2, -0.15) is 0 Å². The molecule has 4 rings (SSSR count). The maximum atomic E-state index is 12.0. The molecule has 0 unspecified atom stereocenters. The number of benzene rings is 2. The molecule has 1 aliphatic rings. The molecule has 2 aromatic carbocycles. The molecule has 0 saturated carbocycles. The SMILES string of the molecule is CC(C)C(=O)Nc1cccc(C2CCN(Cc3ccnc4ccccc34)CC2)c1. The van der Waals surface area contributed by atoms with E-state index in [1.54, 1.807) is 0 Å². The zero-order chi connectivity index (χ0) is 20.2. The first-order valence-corrected chi connectivity index (χ1v) is 10.6. The molecule has 1 fully saturated rings. The highest BCUT2D eigenvalue weighted by Crippen LogP contribution is 2.30. The van der Waals surface area contributed by atoms with Crippen molar-refractivity contribution < 1.29 is 4.79 Å². The first-order valence-electron chi connectivity index (χ1n) is 10.6. The molecule has 4 nitrogen and oxygen atoms in total. The lowest BCUT2D eigenvalue weighted by Crippen LogP contribution is -2.32. The minimum Gasteiger partial charge on any atom is -0.326 e. The molecule has 29 heavy (non-hydrogen) atoms. The van der Waals surface area contributed by atoms with E-state index in [9.17, 15) is 4.79 Å². The highest BCUT2D eigenvalue weighted by atomic mass is 16.1. The number of hydrogen-bond acceptors (Lipinski definition) is 3. The van der Waals surface area contributed by atoms with Crippen LogP contribution in [0.3, 0.4) is 0 Å². The summed E-state index contributed by atoms with van der Waals surface area (Å²) < 4.78 is 0. The van der Waals surface area contributed by atoms with Gasteiger partial charge in [-0.15, -0.1) is 0 Å². The molecule has 1 amide bonds. The van der Waals surface area contributed by atoms with Crippen molar-refractivity contribution in [1.82, 2.24) is 9.88 Å². The number of nitrogens with zero attached hydrogens (tertiary/aromatic N) is 2. The molecule has 150 valence electrons. The average Bonchev–Trinajstić information content (AvgIpc) is 2.75. The van der Waals surface area contributed by atoms with Gasteiger partial charge in [0.2, 0.25) is 5.91 Å². The Morgan fingerprint density at radius 3 is 2.69 bits per heavy atom. The van der Waals surface area contributed by atoms with Gasteiger partial charge < -0.3 is 5.32 Å². The van der Waals surface area contributed by atoms with Crippen LogP contribution in [0.2, 0.25) is 0 Å². The zero-order valence-corrected chi connectivity index (χ0v) is 17.3. The second kappa shape index (κ2) is 8.75. The van der Waals surface area contributed by atoms with Crippen molar-refractivity contribution >= 4 is 22.5 Å². The van der Waals surface area contributed by atoms with Gasteiger partial charge in [0, 0.05) is 29.7 Å². The summed E-state index contributed by atoms with van der Waals surface area (Å²) >= 11 is 0. The summed E-state index contributed by atoms with van der Waals surface area (Å²) in [6.07, 6.45) is 4.20. The molecule has 1 saturated heterocycles. The molecule has 1 aliphatic heterocycles. The first-order chi connectivity index (χ1) is 14.1. The molecular formula is C25H29N3O. The van der Waals surface area contributed by atoms with E-state index in [2.05, 4.69) is 57.7 Å². The maximum absolute atomic E-state index is 12.0. The van der Waals surface area contributed by atoms with Crippen molar-refractivity contribution in [2.24, 2.45) is 5.92 Å². The maximum Gasteiger partial charge on any atom is 0.226 e. The van der Waals surface area contributed by atoms with Gasteiger partial charge in [0.05, 0.1) is 5.52 Å². The number of pyridine rings is 1. The Morgan fingerprint density at radius 2 is 1.90 bits per heavy atom. The normalized spacial score (nSPS) is 15.7. The first kappa shape index (κ1) is 19.6. The number of piperidine rings is 1. The van der Waals surface area contributed by atoms with E-state index in [0.29, 0.717) is 5.92 Å². The number of hydrogen-bond donors (Lipinski definition) is 1. The quantitative estimate of drug-likeness (QED) is 0.654. The van der Waals surface area contributed by atoms with Crippen LogP contribution in [0.5, 0.6) is 0 Å². The molecule has 3 aromatic rings. The minimum atomic E-state index is -0.00818. The summed E-state index contributed by atoms with van der Waals surface area (Å²) in [6.45, 7) is 6.98. The predicted octanol–water partition coefficient (Wildman–Crippen LogP) is 5.21. The van der Waals surface area contributed by atoms with Crippen LogP contribution in [0, 0.1) is 5.92 Å². The summed E-state index contributed by atoms with van der Waals surface area (Å²) in [5, 5.41) is 4.28. The van der Waals surface area contributed by atoms with Crippen LogP contribution in [-0.4, -0.2) is 28.9 Å². The highest BCUT2D eigenvalue weighted by molar-refractivity contribution is 5.92. The number of amides is 1. The molecule has 2 heterocycles. The van der Waals surface area contributed by atoms with Gasteiger partial charge in [0.25, 0.3) is 0 Å². The van der Waals surface area contributed by atoms with Crippen LogP contribution < -0.4 is 5.32 Å². The Bertz CT molecular complexity index is 985. The fourth-order valence-electron chi connectivity index (χ4n) is 4.12. The van der Waals surface area contributed by atoms with E-state index < -0.39 is 0 Å². The lowest BCUT2D eigenvalue weighted by atomic mass is 9.89. The molecule has 0 aliphatic carbocycles. The van der Waals surface area contributed by atoms with E-state index >= 15 is 0 Å². The van der Waals surface area contributed by atoms with Gasteiger partial charge in [-0.3, -0.25) is 14.7 Å². The number of carbonyl (C=O) groups excluding carboxylic acids is 1. The molecular weight excluding hydrogens is 358 g/mol. The molecule has 0 spiro atoms. The molecule has 0 atom stereocenters. The summed E-state index contributed by atoms with van der Waals surface area (Å²) in [4.78, 5) is 19.0. The fourth-order valence-corrected chi connectivity index (χ4v) is 4.12. The van der Waals surface area contributed by atoms with E-state index in [1.807, 2.05) is 32.2 Å². The zero-order valence-electron chi connectivity index (χ0n) is 17.3. The average molecular weight is 388 g/mol. The number of para-hydroxylation sites is 1. The second-order valence-corrected chi connectivity index (χ2v) is 8.31. The predicted molar refractivity (Wildman–Crippen MR) is 119 cm³/mol. The Labute approximate surface area is 173 Å². The Balaban J connectivity index is 1.39. The van der Waals surface area contributed by atoms with Gasteiger partial charge in [0.1, 0.15) is 0 Å². The van der Waals surface area contributed by atoms with Crippen LogP contribution in [0.4, 0.5) is 5.69 Å². The lowest BCUT2D eigenvalue weighted by molar-refractivity contribution is -0.118. The number of rotatable bonds is 5. The van der Waals surface area contributed by atoms with Crippen LogP contribution in [0.1, 0.15) is 43.7 Å². The van der Waals surface area contributed by atoms with Gasteiger partial charge in [0.15, 0.2) is 0 Å². The number of likely N-dealkylation sites (tertiary alicyclic amines) is 1. The minimum absolute atomic E-state index is 0.00818. The van der Waals surface area contributed by atoms with Crippen molar-refractivity contribution in [2.45, 2.75) is 39.2 Å². The number of aromatic nitrogens is 1. The van der Waals surface area contributed by atoms with Gasteiger partial charge >= 0.3 is 0 Å². The Kier molecular flexibility index (Phi) is 5.91. The number of fused-ring (bicyclic) bond motifs is 1. The lowest BCUT2D eigenvalue weighted by Gasteiger charge is -2.32. The van der Waals surface area contributed by atoms with E-state index in [-0.39, 0.29) is 11.8 Å². The molecule has 1 aromatic heterocycles. The monoisotopic (exact) mass is 387 g/mol. The van der Waals surface area contributed by atoms with Crippen molar-refractivity contribution in [3.05, 3.63) is 71.9 Å². The van der Waals surface area contributed by atoms with Crippen LogP contribution in [0.15, 0.2) is 60.8 Å².